The summed E-state index contributed by atoms with van der Waals surface area (Å²) < 4.78 is 0. The smallest absolute Gasteiger partial charge is 0.242 e. The molecule has 5 heteroatoms. The highest BCUT2D eigenvalue weighted by Gasteiger charge is 2.56. The van der Waals surface area contributed by atoms with Crippen molar-refractivity contribution in [3.8, 4) is 0 Å². The van der Waals surface area contributed by atoms with E-state index >= 15 is 0 Å². The summed E-state index contributed by atoms with van der Waals surface area (Å²) in [6.07, 6.45) is 3.01. The molecule has 0 aromatic heterocycles. The summed E-state index contributed by atoms with van der Waals surface area (Å²) >= 11 is 0. The number of amides is 2. The van der Waals surface area contributed by atoms with E-state index in [1.165, 1.54) is 11.8 Å². The molecule has 1 saturated heterocycles. The lowest BCUT2D eigenvalue weighted by molar-refractivity contribution is -0.175. The maximum Gasteiger partial charge on any atom is 0.242 e. The Bertz CT molecular complexity index is 359. The monoisotopic (exact) mass is 254 g/mol. The van der Waals surface area contributed by atoms with Crippen LogP contribution in [0.1, 0.15) is 39.5 Å². The van der Waals surface area contributed by atoms with Gasteiger partial charge in [0.2, 0.25) is 11.8 Å². The molecule has 1 heterocycles. The highest BCUT2D eigenvalue weighted by Crippen LogP contribution is 2.47. The molecule has 1 aliphatic carbocycles. The summed E-state index contributed by atoms with van der Waals surface area (Å²) in [5, 5.41) is 9.57. The zero-order valence-corrected chi connectivity index (χ0v) is 11.1. The molecular formula is C13H22N2O3. The highest BCUT2D eigenvalue weighted by molar-refractivity contribution is 5.94. The van der Waals surface area contributed by atoms with Gasteiger partial charge in [-0.2, -0.15) is 0 Å². The van der Waals surface area contributed by atoms with Gasteiger partial charge in [-0.15, -0.1) is 0 Å². The predicted octanol–water partition coefficient (Wildman–Crippen LogP) is 0.260. The van der Waals surface area contributed by atoms with Gasteiger partial charge in [0.1, 0.15) is 6.04 Å². The van der Waals surface area contributed by atoms with Gasteiger partial charge < -0.3 is 15.7 Å². The average molecular weight is 254 g/mol. The number of aliphatic hydroxyl groups is 1. The number of carbonyl (C=O) groups excluding carboxylic acids is 2. The van der Waals surface area contributed by atoms with E-state index in [-0.39, 0.29) is 11.3 Å². The Morgan fingerprint density at radius 2 is 2.06 bits per heavy atom. The number of primary amides is 1. The van der Waals surface area contributed by atoms with Gasteiger partial charge in [0.15, 0.2) is 0 Å². The number of hydrogen-bond acceptors (Lipinski definition) is 3. The summed E-state index contributed by atoms with van der Waals surface area (Å²) in [7, 11) is 0. The van der Waals surface area contributed by atoms with Crippen molar-refractivity contribution < 1.29 is 14.7 Å². The van der Waals surface area contributed by atoms with Crippen molar-refractivity contribution in [1.29, 1.82) is 0 Å². The Hall–Kier alpha value is -1.10. The SMILES string of the molecule is CC1CCC2(CC1)CN(C(C(N)=O)C(C)O)C2=O. The summed E-state index contributed by atoms with van der Waals surface area (Å²) in [6, 6.07) is -0.873. The number of carbonyl (C=O) groups is 2. The second-order valence-electron chi connectivity index (χ2n) is 5.98. The number of β-lactam (4-membered cyclic amide) rings is 1. The van der Waals surface area contributed by atoms with Gasteiger partial charge in [-0.05, 0) is 38.5 Å². The number of aliphatic hydroxyl groups excluding tert-OH is 1. The standard InChI is InChI=1S/C13H22N2O3/c1-8-3-5-13(6-4-8)7-15(12(13)18)10(9(2)16)11(14)17/h8-10,16H,3-7H2,1-2H3,(H2,14,17). The maximum atomic E-state index is 12.3. The number of hydrogen-bond donors (Lipinski definition) is 2. The van der Waals surface area contributed by atoms with Gasteiger partial charge in [0.25, 0.3) is 0 Å². The minimum atomic E-state index is -0.911. The zero-order chi connectivity index (χ0) is 13.5. The van der Waals surface area contributed by atoms with E-state index in [9.17, 15) is 14.7 Å². The van der Waals surface area contributed by atoms with Gasteiger partial charge in [-0.3, -0.25) is 9.59 Å². The molecule has 2 amide bonds. The van der Waals surface area contributed by atoms with Gasteiger partial charge in [0, 0.05) is 6.54 Å². The van der Waals surface area contributed by atoms with Gasteiger partial charge >= 0.3 is 0 Å². The van der Waals surface area contributed by atoms with Crippen LogP contribution in [0.2, 0.25) is 0 Å². The summed E-state index contributed by atoms with van der Waals surface area (Å²) in [4.78, 5) is 25.1. The normalized spacial score (nSPS) is 35.2. The molecule has 0 bridgehead atoms. The van der Waals surface area contributed by atoms with Crippen LogP contribution in [0.15, 0.2) is 0 Å². The van der Waals surface area contributed by atoms with Crippen LogP contribution in [0.5, 0.6) is 0 Å². The van der Waals surface area contributed by atoms with Crippen LogP contribution in [0, 0.1) is 11.3 Å². The Morgan fingerprint density at radius 1 is 1.50 bits per heavy atom. The van der Waals surface area contributed by atoms with Crippen LogP contribution in [0.4, 0.5) is 0 Å². The highest BCUT2D eigenvalue weighted by atomic mass is 16.3. The maximum absolute atomic E-state index is 12.3. The van der Waals surface area contributed by atoms with Crippen LogP contribution in [-0.4, -0.2) is 40.5 Å². The lowest BCUT2D eigenvalue weighted by atomic mass is 9.65. The van der Waals surface area contributed by atoms with Crippen LogP contribution in [0.25, 0.3) is 0 Å². The van der Waals surface area contributed by atoms with Crippen LogP contribution >= 0.6 is 0 Å². The van der Waals surface area contributed by atoms with E-state index in [4.69, 9.17) is 5.73 Å². The minimum absolute atomic E-state index is 0.000833. The summed E-state index contributed by atoms with van der Waals surface area (Å²) in [5.74, 6) is 0.0534. The Balaban J connectivity index is 2.05. The van der Waals surface area contributed by atoms with Gasteiger partial charge in [0.05, 0.1) is 11.5 Å². The van der Waals surface area contributed by atoms with Crippen LogP contribution in [-0.2, 0) is 9.59 Å². The third-order valence-electron chi connectivity index (χ3n) is 4.50. The average Bonchev–Trinajstić information content (AvgIpc) is 2.30. The number of rotatable bonds is 3. The van der Waals surface area contributed by atoms with Crippen molar-refractivity contribution in [1.82, 2.24) is 4.90 Å². The van der Waals surface area contributed by atoms with Crippen molar-refractivity contribution in [2.75, 3.05) is 6.54 Å². The fourth-order valence-electron chi connectivity index (χ4n) is 3.24. The molecule has 2 unspecified atom stereocenters. The van der Waals surface area contributed by atoms with Crippen molar-refractivity contribution in [3.63, 3.8) is 0 Å². The third kappa shape index (κ3) is 2.00. The summed E-state index contributed by atoms with van der Waals surface area (Å²) in [6.45, 7) is 4.27. The molecule has 2 aliphatic rings. The van der Waals surface area contributed by atoms with Crippen molar-refractivity contribution in [2.45, 2.75) is 51.7 Å². The van der Waals surface area contributed by atoms with Crippen molar-refractivity contribution >= 4 is 11.8 Å². The van der Waals surface area contributed by atoms with Gasteiger partial charge in [-0.25, -0.2) is 0 Å². The number of nitrogens with two attached hydrogens (primary N) is 1. The third-order valence-corrected chi connectivity index (χ3v) is 4.50. The Kier molecular flexibility index (Phi) is 3.36. The van der Waals surface area contributed by atoms with Crippen molar-refractivity contribution in [2.24, 2.45) is 17.1 Å². The van der Waals surface area contributed by atoms with E-state index in [0.29, 0.717) is 12.5 Å². The van der Waals surface area contributed by atoms with Crippen LogP contribution < -0.4 is 5.73 Å². The first-order chi connectivity index (χ1) is 8.37. The molecule has 1 spiro atoms. The topological polar surface area (TPSA) is 83.6 Å². The largest absolute Gasteiger partial charge is 0.391 e. The molecule has 2 fully saturated rings. The molecular weight excluding hydrogens is 232 g/mol. The van der Waals surface area contributed by atoms with E-state index in [2.05, 4.69) is 6.92 Å². The van der Waals surface area contributed by atoms with Crippen LogP contribution in [0.3, 0.4) is 0 Å². The van der Waals surface area contributed by atoms with Gasteiger partial charge in [-0.1, -0.05) is 6.92 Å². The number of nitrogens with zero attached hydrogens (tertiary/aromatic N) is 1. The molecule has 1 saturated carbocycles. The fraction of sp³-hybridized carbons (Fsp3) is 0.846. The Morgan fingerprint density at radius 3 is 2.44 bits per heavy atom. The van der Waals surface area contributed by atoms with E-state index in [1.807, 2.05) is 0 Å². The predicted molar refractivity (Wildman–Crippen MR) is 66.4 cm³/mol. The lowest BCUT2D eigenvalue weighted by Gasteiger charge is -2.54. The molecule has 18 heavy (non-hydrogen) atoms. The van der Waals surface area contributed by atoms with E-state index < -0.39 is 18.1 Å². The first kappa shape index (κ1) is 13.3. The molecule has 102 valence electrons. The molecule has 0 aromatic rings. The van der Waals surface area contributed by atoms with E-state index in [1.54, 1.807) is 0 Å². The molecule has 2 atom stereocenters. The number of likely N-dealkylation sites (tertiary alicyclic amines) is 1. The summed E-state index contributed by atoms with van der Waals surface area (Å²) in [5.41, 5.74) is 4.99. The second kappa shape index (κ2) is 4.53. The van der Waals surface area contributed by atoms with Crippen molar-refractivity contribution in [3.05, 3.63) is 0 Å². The molecule has 1 aliphatic heterocycles. The molecule has 0 aromatic carbocycles. The molecule has 3 N–H and O–H groups in total. The second-order valence-corrected chi connectivity index (χ2v) is 5.98. The van der Waals surface area contributed by atoms with E-state index in [0.717, 1.165) is 25.7 Å². The Labute approximate surface area is 107 Å². The lowest BCUT2D eigenvalue weighted by Crippen LogP contribution is -2.69. The first-order valence-corrected chi connectivity index (χ1v) is 6.66. The molecule has 2 rings (SSSR count). The zero-order valence-electron chi connectivity index (χ0n) is 11.1. The first-order valence-electron chi connectivity index (χ1n) is 6.66. The fourth-order valence-corrected chi connectivity index (χ4v) is 3.24. The molecule has 0 radical (unpaired) electrons. The molecule has 5 nitrogen and oxygen atoms in total. The quantitative estimate of drug-likeness (QED) is 0.709. The minimum Gasteiger partial charge on any atom is -0.391 e.